The first-order chi connectivity index (χ1) is 12.8. The zero-order chi connectivity index (χ0) is 17.5. The lowest BCUT2D eigenvalue weighted by Crippen LogP contribution is -2.63. The van der Waals surface area contributed by atoms with E-state index in [4.69, 9.17) is 0 Å². The molecule has 0 N–H and O–H groups in total. The van der Waals surface area contributed by atoms with Crippen molar-refractivity contribution in [1.82, 2.24) is 29.5 Å². The third kappa shape index (κ3) is 2.66. The highest BCUT2D eigenvalue weighted by Crippen LogP contribution is 2.25. The quantitative estimate of drug-likeness (QED) is 0.693. The van der Waals surface area contributed by atoms with Gasteiger partial charge >= 0.3 is 0 Å². The molecule has 2 saturated heterocycles. The Bertz CT molecular complexity index is 894. The molecule has 0 bridgehead atoms. The van der Waals surface area contributed by atoms with Crippen LogP contribution in [0.1, 0.15) is 5.69 Å². The second-order valence-electron chi connectivity index (χ2n) is 7.00. The van der Waals surface area contributed by atoms with Crippen molar-refractivity contribution in [2.45, 2.75) is 13.0 Å². The largest absolute Gasteiger partial charge is 0.354 e. The molecule has 0 unspecified atom stereocenters. The molecule has 8 nitrogen and oxygen atoms in total. The Morgan fingerprint density at radius 2 is 1.85 bits per heavy atom. The molecule has 5 heterocycles. The summed E-state index contributed by atoms with van der Waals surface area (Å²) in [5, 5.41) is 4.32. The number of piperazine rings is 1. The second-order valence-corrected chi connectivity index (χ2v) is 7.00. The van der Waals surface area contributed by atoms with Crippen LogP contribution in [0.25, 0.3) is 5.78 Å². The van der Waals surface area contributed by atoms with Crippen LogP contribution in [0.2, 0.25) is 0 Å². The Hall–Kier alpha value is -2.74. The van der Waals surface area contributed by atoms with Gasteiger partial charge in [0.2, 0.25) is 0 Å². The Morgan fingerprint density at radius 3 is 2.62 bits per heavy atom. The fourth-order valence-corrected chi connectivity index (χ4v) is 3.87. The van der Waals surface area contributed by atoms with E-state index in [1.54, 1.807) is 6.33 Å². The number of anilines is 2. The van der Waals surface area contributed by atoms with Crippen molar-refractivity contribution in [3.05, 3.63) is 42.5 Å². The summed E-state index contributed by atoms with van der Waals surface area (Å²) in [6, 6.07) is 8.82. The van der Waals surface area contributed by atoms with E-state index in [0.717, 1.165) is 56.6 Å². The molecular formula is C18H22N8. The van der Waals surface area contributed by atoms with Gasteiger partial charge in [0, 0.05) is 63.3 Å². The number of aryl methyl sites for hydroxylation is 1. The summed E-state index contributed by atoms with van der Waals surface area (Å²) in [4.78, 5) is 20.5. The summed E-state index contributed by atoms with van der Waals surface area (Å²) in [5.41, 5.74) is 0.980. The maximum atomic E-state index is 4.47. The molecule has 2 aliphatic rings. The number of nitrogens with zero attached hydrogens (tertiary/aromatic N) is 8. The minimum absolute atomic E-state index is 0.605. The highest BCUT2D eigenvalue weighted by molar-refractivity contribution is 5.49. The highest BCUT2D eigenvalue weighted by Gasteiger charge is 2.35. The molecule has 0 amide bonds. The van der Waals surface area contributed by atoms with E-state index in [0.29, 0.717) is 11.8 Å². The average molecular weight is 350 g/mol. The van der Waals surface area contributed by atoms with Crippen molar-refractivity contribution in [2.75, 3.05) is 49.1 Å². The van der Waals surface area contributed by atoms with E-state index in [2.05, 4.69) is 52.9 Å². The predicted octanol–water partition coefficient (Wildman–Crippen LogP) is 0.839. The standard InChI is InChI=1S/C18H22N8/c1-14-10-17(26-18(22-14)20-13-21-26)25-11-15(12-25)23-6-8-24(9-7-23)16-4-2-3-5-19-16/h2-5,10,13,15H,6-9,11-12H2,1H3. The van der Waals surface area contributed by atoms with E-state index in [1.807, 2.05) is 23.7 Å². The first-order valence-electron chi connectivity index (χ1n) is 9.10. The molecule has 2 aliphatic heterocycles. The van der Waals surface area contributed by atoms with E-state index in [-0.39, 0.29) is 0 Å². The predicted molar refractivity (Wildman–Crippen MR) is 99.5 cm³/mol. The number of pyridine rings is 1. The van der Waals surface area contributed by atoms with Crippen molar-refractivity contribution in [2.24, 2.45) is 0 Å². The van der Waals surface area contributed by atoms with Crippen LogP contribution < -0.4 is 9.80 Å². The Labute approximate surface area is 152 Å². The summed E-state index contributed by atoms with van der Waals surface area (Å²) in [7, 11) is 0. The van der Waals surface area contributed by atoms with Gasteiger partial charge < -0.3 is 9.80 Å². The van der Waals surface area contributed by atoms with E-state index in [1.165, 1.54) is 0 Å². The lowest BCUT2D eigenvalue weighted by molar-refractivity contribution is 0.156. The van der Waals surface area contributed by atoms with Gasteiger partial charge in [0.05, 0.1) is 0 Å². The first kappa shape index (κ1) is 15.5. The van der Waals surface area contributed by atoms with Gasteiger partial charge in [0.1, 0.15) is 18.0 Å². The Morgan fingerprint density at radius 1 is 1.00 bits per heavy atom. The lowest BCUT2D eigenvalue weighted by atomic mass is 10.1. The number of hydrogen-bond donors (Lipinski definition) is 0. The molecular weight excluding hydrogens is 328 g/mol. The summed E-state index contributed by atoms with van der Waals surface area (Å²) >= 11 is 0. The molecule has 0 aromatic carbocycles. The molecule has 134 valence electrons. The third-order valence-electron chi connectivity index (χ3n) is 5.35. The lowest BCUT2D eigenvalue weighted by Gasteiger charge is -2.49. The molecule has 0 aliphatic carbocycles. The van der Waals surface area contributed by atoms with Crippen LogP contribution in [0.15, 0.2) is 36.8 Å². The molecule has 0 radical (unpaired) electrons. The highest BCUT2D eigenvalue weighted by atomic mass is 15.4. The normalized spacial score (nSPS) is 19.1. The fraction of sp³-hybridized carbons (Fsp3) is 0.444. The number of rotatable bonds is 3. The molecule has 0 saturated carbocycles. The monoisotopic (exact) mass is 350 g/mol. The van der Waals surface area contributed by atoms with Crippen molar-refractivity contribution < 1.29 is 0 Å². The molecule has 5 rings (SSSR count). The maximum absolute atomic E-state index is 4.47. The zero-order valence-electron chi connectivity index (χ0n) is 14.9. The third-order valence-corrected chi connectivity index (χ3v) is 5.35. The molecule has 8 heteroatoms. The van der Waals surface area contributed by atoms with Crippen LogP contribution in [-0.2, 0) is 0 Å². The summed E-state index contributed by atoms with van der Waals surface area (Å²) in [6.45, 7) is 8.31. The van der Waals surface area contributed by atoms with Gasteiger partial charge in [0.25, 0.3) is 5.78 Å². The van der Waals surface area contributed by atoms with Gasteiger partial charge in [-0.2, -0.15) is 14.6 Å². The smallest absolute Gasteiger partial charge is 0.254 e. The molecule has 3 aromatic heterocycles. The van der Waals surface area contributed by atoms with Crippen molar-refractivity contribution >= 4 is 17.4 Å². The van der Waals surface area contributed by atoms with Crippen molar-refractivity contribution in [3.63, 3.8) is 0 Å². The van der Waals surface area contributed by atoms with Gasteiger partial charge in [0.15, 0.2) is 0 Å². The Balaban J connectivity index is 1.22. The molecule has 26 heavy (non-hydrogen) atoms. The van der Waals surface area contributed by atoms with Gasteiger partial charge in [-0.15, -0.1) is 0 Å². The van der Waals surface area contributed by atoms with Crippen LogP contribution in [0.3, 0.4) is 0 Å². The SMILES string of the molecule is Cc1cc(N2CC(N3CCN(c4ccccn4)CC3)C2)n2ncnc2n1. The fourth-order valence-electron chi connectivity index (χ4n) is 3.87. The Kier molecular flexibility index (Phi) is 3.70. The van der Waals surface area contributed by atoms with Crippen LogP contribution in [-0.4, -0.2) is 74.8 Å². The average Bonchev–Trinajstić information content (AvgIpc) is 3.10. The molecule has 0 spiro atoms. The summed E-state index contributed by atoms with van der Waals surface area (Å²) in [5.74, 6) is 2.85. The summed E-state index contributed by atoms with van der Waals surface area (Å²) in [6.07, 6.45) is 3.44. The minimum Gasteiger partial charge on any atom is -0.354 e. The van der Waals surface area contributed by atoms with Gasteiger partial charge in [-0.25, -0.2) is 9.97 Å². The second kappa shape index (κ2) is 6.21. The van der Waals surface area contributed by atoms with E-state index >= 15 is 0 Å². The number of hydrogen-bond acceptors (Lipinski definition) is 7. The van der Waals surface area contributed by atoms with Crippen molar-refractivity contribution in [3.8, 4) is 0 Å². The van der Waals surface area contributed by atoms with Crippen LogP contribution in [0, 0.1) is 6.92 Å². The van der Waals surface area contributed by atoms with Gasteiger partial charge in [-0.1, -0.05) is 6.07 Å². The molecule has 0 atom stereocenters. The van der Waals surface area contributed by atoms with E-state index in [9.17, 15) is 0 Å². The zero-order valence-corrected chi connectivity index (χ0v) is 14.9. The van der Waals surface area contributed by atoms with Gasteiger partial charge in [-0.05, 0) is 19.1 Å². The minimum atomic E-state index is 0.605. The molecule has 2 fully saturated rings. The molecule has 3 aromatic rings. The summed E-state index contributed by atoms with van der Waals surface area (Å²) < 4.78 is 1.84. The van der Waals surface area contributed by atoms with Gasteiger partial charge in [-0.3, -0.25) is 4.90 Å². The first-order valence-corrected chi connectivity index (χ1v) is 9.10. The van der Waals surface area contributed by atoms with Crippen LogP contribution >= 0.6 is 0 Å². The van der Waals surface area contributed by atoms with Crippen LogP contribution in [0.4, 0.5) is 11.6 Å². The number of aromatic nitrogens is 5. The van der Waals surface area contributed by atoms with E-state index < -0.39 is 0 Å². The van der Waals surface area contributed by atoms with Crippen molar-refractivity contribution in [1.29, 1.82) is 0 Å². The van der Waals surface area contributed by atoms with Crippen LogP contribution in [0.5, 0.6) is 0 Å². The maximum Gasteiger partial charge on any atom is 0.254 e. The topological polar surface area (TPSA) is 65.7 Å². The number of fused-ring (bicyclic) bond motifs is 1.